The highest BCUT2D eigenvalue weighted by atomic mass is 16.7. The van der Waals surface area contributed by atoms with Crippen LogP contribution in [0.3, 0.4) is 0 Å². The van der Waals surface area contributed by atoms with Crippen molar-refractivity contribution in [1.29, 1.82) is 0 Å². The summed E-state index contributed by atoms with van der Waals surface area (Å²) in [5, 5.41) is 12.4. The zero-order valence-electron chi connectivity index (χ0n) is 18.0. The fraction of sp³-hybridized carbons (Fsp3) is 0.292. The number of hydrogen-bond acceptors (Lipinski definition) is 6. The molecule has 0 fully saturated rings. The number of para-hydroxylation sites is 1. The molecule has 0 aliphatic carbocycles. The molecule has 1 amide bonds. The molecule has 0 radical (unpaired) electrons. The van der Waals surface area contributed by atoms with Gasteiger partial charge in [-0.3, -0.25) is 4.79 Å². The first-order valence-electron chi connectivity index (χ1n) is 10.6. The van der Waals surface area contributed by atoms with Crippen LogP contribution in [0.5, 0.6) is 11.5 Å². The minimum Gasteiger partial charge on any atom is -0.454 e. The minimum atomic E-state index is -0.118. The maximum atomic E-state index is 12.8. The summed E-state index contributed by atoms with van der Waals surface area (Å²) in [6, 6.07) is 15.5. The number of nitrogens with one attached hydrogen (secondary N) is 1. The van der Waals surface area contributed by atoms with E-state index < -0.39 is 0 Å². The summed E-state index contributed by atoms with van der Waals surface area (Å²) in [7, 11) is 0. The number of rotatable bonds is 7. The summed E-state index contributed by atoms with van der Waals surface area (Å²) in [6.07, 6.45) is 0.712. The molecule has 1 aliphatic rings. The third-order valence-corrected chi connectivity index (χ3v) is 5.31. The standard InChI is InChI=1S/C24H24N4O4/c1-15(2)9-23-26-27-24(32-23)19-11-17-5-3-4-6-18(17)28(19)13-22(29)25-12-16-7-8-20-21(10-16)31-14-30-20/h3-8,10-11,15H,9,12-14H2,1-2H3,(H,25,29). The fourth-order valence-electron chi connectivity index (χ4n) is 3.80. The van der Waals surface area contributed by atoms with Gasteiger partial charge in [-0.1, -0.05) is 38.1 Å². The number of carbonyl (C=O) groups excluding carboxylic acids is 1. The second-order valence-corrected chi connectivity index (χ2v) is 8.24. The summed E-state index contributed by atoms with van der Waals surface area (Å²) in [4.78, 5) is 12.8. The molecule has 0 saturated carbocycles. The van der Waals surface area contributed by atoms with Gasteiger partial charge in [0.1, 0.15) is 12.2 Å². The van der Waals surface area contributed by atoms with Gasteiger partial charge in [-0.05, 0) is 35.7 Å². The van der Waals surface area contributed by atoms with Crippen LogP contribution < -0.4 is 14.8 Å². The van der Waals surface area contributed by atoms with Gasteiger partial charge in [-0.15, -0.1) is 10.2 Å². The van der Waals surface area contributed by atoms with Crippen LogP contribution in [0, 0.1) is 5.92 Å². The van der Waals surface area contributed by atoms with E-state index in [9.17, 15) is 4.79 Å². The molecule has 0 atom stereocenters. The molecule has 8 nitrogen and oxygen atoms in total. The van der Waals surface area contributed by atoms with E-state index in [1.807, 2.05) is 53.1 Å². The normalized spacial score (nSPS) is 12.6. The van der Waals surface area contributed by atoms with Gasteiger partial charge in [0.05, 0.1) is 0 Å². The lowest BCUT2D eigenvalue weighted by Gasteiger charge is -2.10. The van der Waals surface area contributed by atoms with E-state index >= 15 is 0 Å². The highest BCUT2D eigenvalue weighted by Crippen LogP contribution is 2.32. The van der Waals surface area contributed by atoms with Gasteiger partial charge in [-0.25, -0.2) is 0 Å². The Hall–Kier alpha value is -3.81. The lowest BCUT2D eigenvalue weighted by Crippen LogP contribution is -2.27. The molecule has 8 heteroatoms. The second-order valence-electron chi connectivity index (χ2n) is 8.24. The smallest absolute Gasteiger partial charge is 0.264 e. The molecule has 5 rings (SSSR count). The van der Waals surface area contributed by atoms with Crippen molar-refractivity contribution in [3.8, 4) is 23.1 Å². The predicted octanol–water partition coefficient (Wildman–Crippen LogP) is 3.93. The lowest BCUT2D eigenvalue weighted by molar-refractivity contribution is -0.121. The first-order chi connectivity index (χ1) is 15.6. The quantitative estimate of drug-likeness (QED) is 0.476. The SMILES string of the molecule is CC(C)Cc1nnc(-c2cc3ccccc3n2CC(=O)NCc2ccc3c(c2)OCO3)o1. The van der Waals surface area contributed by atoms with E-state index in [0.717, 1.165) is 27.9 Å². The van der Waals surface area contributed by atoms with Gasteiger partial charge in [0.25, 0.3) is 5.89 Å². The molecule has 2 aromatic heterocycles. The van der Waals surface area contributed by atoms with Crippen LogP contribution in [0.15, 0.2) is 52.9 Å². The Morgan fingerprint density at radius 3 is 2.81 bits per heavy atom. The van der Waals surface area contributed by atoms with Crippen molar-refractivity contribution in [2.24, 2.45) is 5.92 Å². The average molecular weight is 432 g/mol. The largest absolute Gasteiger partial charge is 0.454 e. The van der Waals surface area contributed by atoms with Crippen molar-refractivity contribution in [2.75, 3.05) is 6.79 Å². The van der Waals surface area contributed by atoms with Crippen LogP contribution >= 0.6 is 0 Å². The molecule has 0 saturated heterocycles. The first kappa shape index (κ1) is 20.1. The van der Waals surface area contributed by atoms with Crippen molar-refractivity contribution >= 4 is 16.8 Å². The van der Waals surface area contributed by atoms with E-state index in [2.05, 4.69) is 29.4 Å². The molecular weight excluding hydrogens is 408 g/mol. The number of amides is 1. The number of fused-ring (bicyclic) bond motifs is 2. The second kappa shape index (κ2) is 8.37. The average Bonchev–Trinajstić information content (AvgIpc) is 3.50. The van der Waals surface area contributed by atoms with Gasteiger partial charge in [0.15, 0.2) is 11.5 Å². The van der Waals surface area contributed by atoms with Crippen LogP contribution in [0.2, 0.25) is 0 Å². The minimum absolute atomic E-state index is 0.118. The number of aromatic nitrogens is 3. The molecule has 2 aromatic carbocycles. The molecule has 0 bridgehead atoms. The number of benzene rings is 2. The molecular formula is C24H24N4O4. The highest BCUT2D eigenvalue weighted by Gasteiger charge is 2.19. The number of ether oxygens (including phenoxy) is 2. The van der Waals surface area contributed by atoms with Crippen LogP contribution in [-0.2, 0) is 24.3 Å². The maximum Gasteiger partial charge on any atom is 0.264 e. The molecule has 4 aromatic rings. The van der Waals surface area contributed by atoms with E-state index in [-0.39, 0.29) is 19.2 Å². The first-order valence-corrected chi connectivity index (χ1v) is 10.6. The molecule has 1 aliphatic heterocycles. The van der Waals surface area contributed by atoms with Crippen molar-refractivity contribution in [2.45, 2.75) is 33.4 Å². The number of nitrogens with zero attached hydrogens (tertiary/aromatic N) is 3. The van der Waals surface area contributed by atoms with Gasteiger partial charge in [0.2, 0.25) is 18.6 Å². The van der Waals surface area contributed by atoms with Crippen molar-refractivity contribution < 1.29 is 18.7 Å². The van der Waals surface area contributed by atoms with Crippen LogP contribution in [0.25, 0.3) is 22.5 Å². The Kier molecular flexibility index (Phi) is 5.26. The van der Waals surface area contributed by atoms with E-state index in [0.29, 0.717) is 36.4 Å². The number of hydrogen-bond donors (Lipinski definition) is 1. The molecule has 0 spiro atoms. The van der Waals surface area contributed by atoms with Crippen LogP contribution in [0.4, 0.5) is 0 Å². The monoisotopic (exact) mass is 432 g/mol. The van der Waals surface area contributed by atoms with Crippen LogP contribution in [0.1, 0.15) is 25.3 Å². The third-order valence-electron chi connectivity index (χ3n) is 5.31. The van der Waals surface area contributed by atoms with Crippen molar-refractivity contribution in [1.82, 2.24) is 20.1 Å². The zero-order chi connectivity index (χ0) is 22.1. The molecule has 0 unspecified atom stereocenters. The predicted molar refractivity (Wildman–Crippen MR) is 118 cm³/mol. The molecule has 164 valence electrons. The summed E-state index contributed by atoms with van der Waals surface area (Å²) in [5.74, 6) is 2.73. The Bertz CT molecular complexity index is 1270. The van der Waals surface area contributed by atoms with Crippen molar-refractivity contribution in [3.05, 3.63) is 60.0 Å². The summed E-state index contributed by atoms with van der Waals surface area (Å²) in [5.41, 5.74) is 2.60. The lowest BCUT2D eigenvalue weighted by atomic mass is 10.1. The van der Waals surface area contributed by atoms with Gasteiger partial charge in [-0.2, -0.15) is 0 Å². The van der Waals surface area contributed by atoms with E-state index in [1.165, 1.54) is 0 Å². The number of carbonyl (C=O) groups is 1. The maximum absolute atomic E-state index is 12.8. The Balaban J connectivity index is 1.36. The van der Waals surface area contributed by atoms with Gasteiger partial charge >= 0.3 is 0 Å². The van der Waals surface area contributed by atoms with Crippen LogP contribution in [-0.4, -0.2) is 27.5 Å². The summed E-state index contributed by atoms with van der Waals surface area (Å²) in [6.45, 7) is 4.96. The fourth-order valence-corrected chi connectivity index (χ4v) is 3.80. The molecule has 3 heterocycles. The molecule has 32 heavy (non-hydrogen) atoms. The highest BCUT2D eigenvalue weighted by molar-refractivity contribution is 5.88. The van der Waals surface area contributed by atoms with E-state index in [4.69, 9.17) is 13.9 Å². The summed E-state index contributed by atoms with van der Waals surface area (Å²) >= 11 is 0. The molecule has 1 N–H and O–H groups in total. The Labute approximate surface area is 185 Å². The van der Waals surface area contributed by atoms with Crippen molar-refractivity contribution in [3.63, 3.8) is 0 Å². The van der Waals surface area contributed by atoms with Gasteiger partial charge < -0.3 is 23.8 Å². The van der Waals surface area contributed by atoms with E-state index in [1.54, 1.807) is 0 Å². The summed E-state index contributed by atoms with van der Waals surface area (Å²) < 4.78 is 18.6. The van der Waals surface area contributed by atoms with Gasteiger partial charge in [0, 0.05) is 23.9 Å². The Morgan fingerprint density at radius 1 is 1.09 bits per heavy atom. The Morgan fingerprint density at radius 2 is 1.94 bits per heavy atom. The topological polar surface area (TPSA) is 91.4 Å². The third kappa shape index (κ3) is 4.03. The zero-order valence-corrected chi connectivity index (χ0v) is 18.0.